The van der Waals surface area contributed by atoms with Crippen LogP contribution in [0.15, 0.2) is 35.6 Å². The highest BCUT2D eigenvalue weighted by atomic mass is 32.2. The normalized spacial score (nSPS) is 25.7. The van der Waals surface area contributed by atoms with Gasteiger partial charge in [0.2, 0.25) is 11.8 Å². The van der Waals surface area contributed by atoms with Crippen LogP contribution in [0.4, 0.5) is 8.78 Å². The number of hydrogen-bond donors (Lipinski definition) is 2. The maximum Gasteiger partial charge on any atom is 0.236 e. The molecular weight excluding hydrogens is 464 g/mol. The molecule has 2 aromatic rings. The summed E-state index contributed by atoms with van der Waals surface area (Å²) in [7, 11) is 1.55. The van der Waals surface area contributed by atoms with E-state index in [4.69, 9.17) is 10.5 Å². The number of amidine groups is 1. The van der Waals surface area contributed by atoms with E-state index in [-0.39, 0.29) is 46.5 Å². The summed E-state index contributed by atoms with van der Waals surface area (Å²) >= 11 is 1.19. The lowest BCUT2D eigenvalue weighted by atomic mass is 9.84. The Balaban J connectivity index is 1.63. The fourth-order valence-electron chi connectivity index (χ4n) is 4.21. The number of nitrogens with two attached hydrogens (primary N) is 1. The number of nitrogens with one attached hydrogen (secondary N) is 1. The van der Waals surface area contributed by atoms with Crippen molar-refractivity contribution in [2.75, 3.05) is 13.7 Å². The molecule has 0 spiro atoms. The quantitative estimate of drug-likeness (QED) is 0.616. The Kier molecular flexibility index (Phi) is 6.15. The standard InChI is InChI=1S/C23H23F2N5O3S/c1-12(31)11-33-19-10-28-17(9-29-19)16(25)7-13-4-5-15(24)14(6-13)22(2)18-8-23(18,20(32)27-3)34-21(26)30-22/h4-7,9-10,18H,8,11H2,1-3H3,(H2,26,30)(H,27,32)/b16-7-. The van der Waals surface area contributed by atoms with Gasteiger partial charge in [0.1, 0.15) is 22.9 Å². The van der Waals surface area contributed by atoms with Crippen molar-refractivity contribution in [3.05, 3.63) is 53.2 Å². The number of aromatic nitrogens is 2. The van der Waals surface area contributed by atoms with E-state index in [0.717, 1.165) is 0 Å². The molecule has 1 aromatic carbocycles. The van der Waals surface area contributed by atoms with Gasteiger partial charge in [-0.15, -0.1) is 0 Å². The van der Waals surface area contributed by atoms with E-state index in [1.165, 1.54) is 55.4 Å². The number of amides is 1. The minimum absolute atomic E-state index is 0.0515. The van der Waals surface area contributed by atoms with Crippen LogP contribution in [0.3, 0.4) is 0 Å². The first-order chi connectivity index (χ1) is 16.1. The molecule has 0 saturated heterocycles. The number of nitrogens with zero attached hydrogens (tertiary/aromatic N) is 3. The molecule has 0 bridgehead atoms. The summed E-state index contributed by atoms with van der Waals surface area (Å²) in [5, 5.41) is 2.86. The van der Waals surface area contributed by atoms with Crippen LogP contribution in [0.5, 0.6) is 5.88 Å². The van der Waals surface area contributed by atoms with Crippen molar-refractivity contribution < 1.29 is 23.1 Å². The number of benzene rings is 1. The Morgan fingerprint density at radius 2 is 2.12 bits per heavy atom. The van der Waals surface area contributed by atoms with Gasteiger partial charge in [0, 0.05) is 18.5 Å². The Labute approximate surface area is 199 Å². The number of halogens is 2. The second-order valence-corrected chi connectivity index (χ2v) is 9.74. The Morgan fingerprint density at radius 3 is 2.76 bits per heavy atom. The van der Waals surface area contributed by atoms with Crippen molar-refractivity contribution in [1.29, 1.82) is 0 Å². The second-order valence-electron chi connectivity index (χ2n) is 8.39. The van der Waals surface area contributed by atoms with Crippen molar-refractivity contribution in [2.24, 2.45) is 16.6 Å². The zero-order valence-electron chi connectivity index (χ0n) is 18.8. The molecule has 11 heteroatoms. The number of fused-ring (bicyclic) bond motifs is 1. The Bertz CT molecular complexity index is 1220. The highest BCUT2D eigenvalue weighted by Crippen LogP contribution is 2.66. The summed E-state index contributed by atoms with van der Waals surface area (Å²) in [6, 6.07) is 4.18. The van der Waals surface area contributed by atoms with Crippen LogP contribution >= 0.6 is 11.8 Å². The first-order valence-electron chi connectivity index (χ1n) is 10.5. The van der Waals surface area contributed by atoms with Gasteiger partial charge in [0.05, 0.1) is 17.9 Å². The van der Waals surface area contributed by atoms with Gasteiger partial charge in [-0.25, -0.2) is 18.7 Å². The SMILES string of the molecule is CNC(=O)C12CC1C(C)(c1cc(/C=C(\F)c3cnc(OCC(C)=O)cn3)ccc1F)N=C(N)S2. The molecule has 1 aromatic heterocycles. The van der Waals surface area contributed by atoms with Crippen molar-refractivity contribution >= 4 is 40.5 Å². The van der Waals surface area contributed by atoms with Crippen molar-refractivity contribution in [2.45, 2.75) is 30.6 Å². The van der Waals surface area contributed by atoms with Gasteiger partial charge >= 0.3 is 0 Å². The Hall–Kier alpha value is -3.34. The second kappa shape index (κ2) is 8.79. The van der Waals surface area contributed by atoms with E-state index in [9.17, 15) is 18.4 Å². The molecule has 2 aliphatic rings. The van der Waals surface area contributed by atoms with Crippen LogP contribution in [0.25, 0.3) is 11.9 Å². The molecule has 34 heavy (non-hydrogen) atoms. The molecule has 1 aliphatic carbocycles. The average molecular weight is 488 g/mol. The van der Waals surface area contributed by atoms with Gasteiger partial charge in [-0.3, -0.25) is 14.6 Å². The molecule has 1 amide bonds. The van der Waals surface area contributed by atoms with Crippen LogP contribution < -0.4 is 15.8 Å². The fraction of sp³-hybridized carbons (Fsp3) is 0.348. The number of aliphatic imine (C=N–C) groups is 1. The van der Waals surface area contributed by atoms with E-state index in [0.29, 0.717) is 12.0 Å². The molecule has 0 radical (unpaired) electrons. The van der Waals surface area contributed by atoms with Crippen LogP contribution in [-0.2, 0) is 15.1 Å². The van der Waals surface area contributed by atoms with Crippen LogP contribution in [0.1, 0.15) is 37.1 Å². The van der Waals surface area contributed by atoms with E-state index in [2.05, 4.69) is 20.3 Å². The molecule has 8 nitrogen and oxygen atoms in total. The fourth-order valence-corrected chi connectivity index (χ4v) is 5.64. The van der Waals surface area contributed by atoms with Gasteiger partial charge in [0.15, 0.2) is 16.8 Å². The number of Topliss-reactive ketones (excluding diaryl/α,β-unsaturated/α-hetero) is 1. The van der Waals surface area contributed by atoms with Gasteiger partial charge in [-0.05, 0) is 44.0 Å². The monoisotopic (exact) mass is 487 g/mol. The lowest BCUT2D eigenvalue weighted by Crippen LogP contribution is -2.43. The minimum atomic E-state index is -1.08. The summed E-state index contributed by atoms with van der Waals surface area (Å²) in [6.45, 7) is 2.95. The first-order valence-corrected chi connectivity index (χ1v) is 11.3. The first kappa shape index (κ1) is 23.8. The van der Waals surface area contributed by atoms with Gasteiger partial charge < -0.3 is 15.8 Å². The number of thioether (sulfide) groups is 1. The predicted octanol–water partition coefficient (Wildman–Crippen LogP) is 2.83. The van der Waals surface area contributed by atoms with E-state index >= 15 is 0 Å². The molecule has 1 fully saturated rings. The lowest BCUT2D eigenvalue weighted by molar-refractivity contribution is -0.121. The summed E-state index contributed by atoms with van der Waals surface area (Å²) in [5.74, 6) is -1.74. The van der Waals surface area contributed by atoms with E-state index < -0.39 is 21.9 Å². The smallest absolute Gasteiger partial charge is 0.236 e. The van der Waals surface area contributed by atoms with E-state index in [1.54, 1.807) is 14.0 Å². The molecule has 3 N–H and O–H groups in total. The van der Waals surface area contributed by atoms with Gasteiger partial charge in [0.25, 0.3) is 0 Å². The molecule has 4 rings (SSSR count). The molecule has 3 unspecified atom stereocenters. The molecule has 1 aliphatic heterocycles. The van der Waals surface area contributed by atoms with E-state index in [1.807, 2.05) is 0 Å². The highest BCUT2D eigenvalue weighted by Gasteiger charge is 2.70. The molecule has 1 saturated carbocycles. The highest BCUT2D eigenvalue weighted by molar-refractivity contribution is 8.15. The lowest BCUT2D eigenvalue weighted by Gasteiger charge is -2.33. The van der Waals surface area contributed by atoms with Crippen molar-refractivity contribution in [3.8, 4) is 5.88 Å². The third-order valence-electron chi connectivity index (χ3n) is 5.95. The minimum Gasteiger partial charge on any atom is -0.469 e. The Morgan fingerprint density at radius 1 is 1.35 bits per heavy atom. The number of ether oxygens (including phenoxy) is 1. The van der Waals surface area contributed by atoms with Crippen LogP contribution in [0, 0.1) is 11.7 Å². The summed E-state index contributed by atoms with van der Waals surface area (Å²) < 4.78 is 34.2. The maximum absolute atomic E-state index is 15.0. The van der Waals surface area contributed by atoms with Gasteiger partial charge in [-0.1, -0.05) is 17.8 Å². The summed E-state index contributed by atoms with van der Waals surface area (Å²) in [5.41, 5.74) is 5.51. The van der Waals surface area contributed by atoms with Crippen LogP contribution in [-0.4, -0.2) is 45.2 Å². The maximum atomic E-state index is 15.0. The largest absolute Gasteiger partial charge is 0.469 e. The number of ketones is 1. The van der Waals surface area contributed by atoms with Crippen molar-refractivity contribution in [3.63, 3.8) is 0 Å². The molecular formula is C23H23F2N5O3S. The number of hydrogen-bond acceptors (Lipinski definition) is 8. The molecule has 3 atom stereocenters. The third kappa shape index (κ3) is 4.27. The number of carbonyl (C=O) groups is 2. The summed E-state index contributed by atoms with van der Waals surface area (Å²) in [4.78, 5) is 35.9. The summed E-state index contributed by atoms with van der Waals surface area (Å²) in [6.07, 6.45) is 4.10. The number of carbonyl (C=O) groups excluding carboxylic acids is 2. The van der Waals surface area contributed by atoms with Gasteiger partial charge in [-0.2, -0.15) is 0 Å². The zero-order chi connectivity index (χ0) is 24.7. The third-order valence-corrected chi connectivity index (χ3v) is 7.26. The van der Waals surface area contributed by atoms with Crippen molar-refractivity contribution in [1.82, 2.24) is 15.3 Å². The van der Waals surface area contributed by atoms with Crippen LogP contribution in [0.2, 0.25) is 0 Å². The zero-order valence-corrected chi connectivity index (χ0v) is 19.6. The molecule has 2 heterocycles. The topological polar surface area (TPSA) is 120 Å². The average Bonchev–Trinajstić information content (AvgIpc) is 3.55. The number of rotatable bonds is 7. The molecule has 178 valence electrons. The predicted molar refractivity (Wildman–Crippen MR) is 125 cm³/mol.